The smallest absolute Gasteiger partial charge is 0.320 e. The molecule has 1 N–H and O–H groups in total. The maximum Gasteiger partial charge on any atom is 0.320 e. The minimum absolute atomic E-state index is 0.0346. The molecule has 0 radical (unpaired) electrons. The summed E-state index contributed by atoms with van der Waals surface area (Å²) in [6.07, 6.45) is 5.09. The lowest BCUT2D eigenvalue weighted by Crippen LogP contribution is -2.44. The van der Waals surface area contributed by atoms with E-state index >= 15 is 0 Å². The predicted molar refractivity (Wildman–Crippen MR) is 93.4 cm³/mol. The molecule has 2 saturated heterocycles. The van der Waals surface area contributed by atoms with Gasteiger partial charge in [-0.1, -0.05) is 6.92 Å². The number of aromatic nitrogens is 2. The molecule has 0 bridgehead atoms. The number of carbonyl (C=O) groups is 2. The molecule has 3 heterocycles. The van der Waals surface area contributed by atoms with Gasteiger partial charge in [-0.3, -0.25) is 19.2 Å². The topological polar surface area (TPSA) is 78.7 Å². The number of nitrogens with zero attached hydrogens (tertiary/aromatic N) is 4. The summed E-state index contributed by atoms with van der Waals surface area (Å²) >= 11 is 0. The molecule has 0 aliphatic carbocycles. The van der Waals surface area contributed by atoms with Gasteiger partial charge in [-0.05, 0) is 50.6 Å². The highest BCUT2D eigenvalue weighted by Gasteiger charge is 2.48. The molecule has 3 rings (SSSR count). The lowest BCUT2D eigenvalue weighted by molar-refractivity contribution is -0.142. The zero-order chi connectivity index (χ0) is 18.0. The van der Waals surface area contributed by atoms with Gasteiger partial charge >= 0.3 is 5.97 Å². The maximum absolute atomic E-state index is 12.7. The van der Waals surface area contributed by atoms with E-state index < -0.39 is 5.97 Å². The van der Waals surface area contributed by atoms with E-state index in [0.717, 1.165) is 32.4 Å². The number of piperidine rings is 1. The van der Waals surface area contributed by atoms with Gasteiger partial charge in [-0.15, -0.1) is 0 Å². The maximum atomic E-state index is 12.7. The molecule has 0 aromatic carbocycles. The first-order valence-corrected chi connectivity index (χ1v) is 9.27. The fourth-order valence-electron chi connectivity index (χ4n) is 4.39. The van der Waals surface area contributed by atoms with Crippen molar-refractivity contribution in [1.29, 1.82) is 0 Å². The molecule has 2 aliphatic heterocycles. The van der Waals surface area contributed by atoms with Gasteiger partial charge in [0.25, 0.3) is 5.91 Å². The van der Waals surface area contributed by atoms with Gasteiger partial charge in [0, 0.05) is 32.4 Å². The minimum Gasteiger partial charge on any atom is -0.480 e. The van der Waals surface area contributed by atoms with Crippen LogP contribution in [0.1, 0.15) is 50.0 Å². The molecule has 1 aromatic heterocycles. The van der Waals surface area contributed by atoms with Crippen LogP contribution in [-0.4, -0.2) is 68.8 Å². The summed E-state index contributed by atoms with van der Waals surface area (Å²) < 4.78 is 1.73. The summed E-state index contributed by atoms with van der Waals surface area (Å²) in [7, 11) is 0. The van der Waals surface area contributed by atoms with Gasteiger partial charge < -0.3 is 10.0 Å². The molecule has 1 unspecified atom stereocenters. The molecule has 25 heavy (non-hydrogen) atoms. The highest BCUT2D eigenvalue weighted by Crippen LogP contribution is 2.43. The van der Waals surface area contributed by atoms with Crippen LogP contribution in [0.15, 0.2) is 12.3 Å². The molecular formula is C18H28N4O3. The van der Waals surface area contributed by atoms with Crippen molar-refractivity contribution >= 4 is 11.9 Å². The van der Waals surface area contributed by atoms with Crippen molar-refractivity contribution in [2.24, 2.45) is 5.41 Å². The zero-order valence-electron chi connectivity index (χ0n) is 15.1. The average Bonchev–Trinajstić information content (AvgIpc) is 3.20. The molecule has 1 atom stereocenters. The van der Waals surface area contributed by atoms with Crippen LogP contribution in [-0.2, 0) is 11.3 Å². The quantitative estimate of drug-likeness (QED) is 0.876. The van der Waals surface area contributed by atoms with Crippen molar-refractivity contribution in [3.05, 3.63) is 18.0 Å². The number of amides is 1. The SMILES string of the molecule is CCCN1CC2(CCN(C(=O)c3ccnn3CC)CC2)CC1C(=O)O. The molecule has 0 saturated carbocycles. The number of carboxylic acid groups (broad SMARTS) is 1. The van der Waals surface area contributed by atoms with Gasteiger partial charge in [0.2, 0.25) is 0 Å². The first-order chi connectivity index (χ1) is 12.0. The fraction of sp³-hybridized carbons (Fsp3) is 0.722. The van der Waals surface area contributed by atoms with Crippen molar-refractivity contribution in [3.8, 4) is 0 Å². The van der Waals surface area contributed by atoms with E-state index in [9.17, 15) is 14.7 Å². The lowest BCUT2D eigenvalue weighted by Gasteiger charge is -2.39. The second-order valence-electron chi connectivity index (χ2n) is 7.35. The number of likely N-dealkylation sites (tertiary alicyclic amines) is 2. The van der Waals surface area contributed by atoms with E-state index in [1.54, 1.807) is 16.9 Å². The monoisotopic (exact) mass is 348 g/mol. The molecule has 1 amide bonds. The Morgan fingerprint density at radius 1 is 1.32 bits per heavy atom. The Hall–Kier alpha value is -1.89. The molecule has 7 nitrogen and oxygen atoms in total. The first-order valence-electron chi connectivity index (χ1n) is 9.27. The van der Waals surface area contributed by atoms with Gasteiger partial charge in [-0.2, -0.15) is 5.10 Å². The number of carbonyl (C=O) groups excluding carboxylic acids is 1. The summed E-state index contributed by atoms with van der Waals surface area (Å²) in [5, 5.41) is 13.7. The molecule has 1 spiro atoms. The minimum atomic E-state index is -0.712. The van der Waals surface area contributed by atoms with E-state index in [2.05, 4.69) is 16.9 Å². The van der Waals surface area contributed by atoms with Crippen LogP contribution in [0.3, 0.4) is 0 Å². The number of carboxylic acids is 1. The van der Waals surface area contributed by atoms with E-state index in [0.29, 0.717) is 31.7 Å². The third-order valence-corrected chi connectivity index (χ3v) is 5.75. The first kappa shape index (κ1) is 17.9. The molecular weight excluding hydrogens is 320 g/mol. The number of aryl methyl sites for hydroxylation is 1. The van der Waals surface area contributed by atoms with E-state index in [1.807, 2.05) is 11.8 Å². The fourth-order valence-corrected chi connectivity index (χ4v) is 4.39. The third-order valence-electron chi connectivity index (χ3n) is 5.75. The van der Waals surface area contributed by atoms with Crippen molar-refractivity contribution in [3.63, 3.8) is 0 Å². The van der Waals surface area contributed by atoms with Crippen molar-refractivity contribution in [2.75, 3.05) is 26.2 Å². The number of aliphatic carboxylic acids is 1. The summed E-state index contributed by atoms with van der Waals surface area (Å²) in [5.74, 6) is -0.678. The number of hydrogen-bond donors (Lipinski definition) is 1. The highest BCUT2D eigenvalue weighted by atomic mass is 16.4. The van der Waals surface area contributed by atoms with E-state index in [-0.39, 0.29) is 17.4 Å². The van der Waals surface area contributed by atoms with Gasteiger partial charge in [0.1, 0.15) is 11.7 Å². The summed E-state index contributed by atoms with van der Waals surface area (Å²) in [5.41, 5.74) is 0.681. The van der Waals surface area contributed by atoms with Crippen LogP contribution in [0.4, 0.5) is 0 Å². The Morgan fingerprint density at radius 3 is 2.64 bits per heavy atom. The van der Waals surface area contributed by atoms with Crippen LogP contribution in [0.2, 0.25) is 0 Å². The summed E-state index contributed by atoms with van der Waals surface area (Å²) in [6.45, 7) is 7.80. The largest absolute Gasteiger partial charge is 0.480 e. The van der Waals surface area contributed by atoms with Crippen molar-refractivity contribution < 1.29 is 14.7 Å². The highest BCUT2D eigenvalue weighted by molar-refractivity contribution is 5.92. The van der Waals surface area contributed by atoms with Gasteiger partial charge in [0.05, 0.1) is 0 Å². The average molecular weight is 348 g/mol. The van der Waals surface area contributed by atoms with Gasteiger partial charge in [-0.25, -0.2) is 0 Å². The Balaban J connectivity index is 1.65. The standard InChI is InChI=1S/C18H28N4O3/c1-3-9-21-13-18(12-15(21)17(24)25)6-10-20(11-7-18)16(23)14-5-8-19-22(14)4-2/h5,8,15H,3-4,6-7,9-13H2,1-2H3,(H,24,25). The Kier molecular flexibility index (Phi) is 5.13. The molecule has 2 fully saturated rings. The lowest BCUT2D eigenvalue weighted by atomic mass is 9.76. The summed E-state index contributed by atoms with van der Waals surface area (Å²) in [6, 6.07) is 1.40. The molecule has 138 valence electrons. The van der Waals surface area contributed by atoms with Crippen LogP contribution in [0, 0.1) is 5.41 Å². The van der Waals surface area contributed by atoms with Crippen LogP contribution >= 0.6 is 0 Å². The second kappa shape index (κ2) is 7.15. The van der Waals surface area contributed by atoms with Crippen molar-refractivity contribution in [1.82, 2.24) is 19.6 Å². The number of hydrogen-bond acceptors (Lipinski definition) is 4. The van der Waals surface area contributed by atoms with E-state index in [1.165, 1.54) is 0 Å². The number of rotatable bonds is 5. The zero-order valence-corrected chi connectivity index (χ0v) is 15.1. The molecule has 1 aromatic rings. The normalized spacial score (nSPS) is 23.3. The third kappa shape index (κ3) is 3.42. The van der Waals surface area contributed by atoms with Crippen molar-refractivity contribution in [2.45, 2.75) is 52.1 Å². The van der Waals surface area contributed by atoms with Crippen LogP contribution in [0.25, 0.3) is 0 Å². The Morgan fingerprint density at radius 2 is 2.04 bits per heavy atom. The van der Waals surface area contributed by atoms with Gasteiger partial charge in [0.15, 0.2) is 0 Å². The van der Waals surface area contributed by atoms with Crippen LogP contribution < -0.4 is 0 Å². The predicted octanol–water partition coefficient (Wildman–Crippen LogP) is 1.69. The summed E-state index contributed by atoms with van der Waals surface area (Å²) in [4.78, 5) is 28.4. The Bertz CT molecular complexity index is 634. The molecule has 7 heteroatoms. The second-order valence-corrected chi connectivity index (χ2v) is 7.35. The Labute approximate surface area is 148 Å². The molecule has 2 aliphatic rings. The van der Waals surface area contributed by atoms with Crippen LogP contribution in [0.5, 0.6) is 0 Å². The van der Waals surface area contributed by atoms with E-state index in [4.69, 9.17) is 0 Å².